The van der Waals surface area contributed by atoms with Gasteiger partial charge in [0.2, 0.25) is 21.8 Å². The van der Waals surface area contributed by atoms with Gasteiger partial charge in [0.05, 0.1) is 19.1 Å². The van der Waals surface area contributed by atoms with Crippen molar-refractivity contribution < 1.29 is 22.7 Å². The lowest BCUT2D eigenvalue weighted by atomic mass is 10.1. The number of ether oxygens (including phenoxy) is 1. The lowest BCUT2D eigenvalue weighted by Crippen LogP contribution is -2.50. The molecular formula is C21H26ClN3O5S. The van der Waals surface area contributed by atoms with E-state index in [0.717, 1.165) is 16.1 Å². The zero-order chi connectivity index (χ0) is 23.2. The Morgan fingerprint density at radius 1 is 1.10 bits per heavy atom. The number of anilines is 1. The van der Waals surface area contributed by atoms with Crippen molar-refractivity contribution in [3.8, 4) is 5.75 Å². The van der Waals surface area contributed by atoms with E-state index in [-0.39, 0.29) is 12.5 Å². The van der Waals surface area contributed by atoms with Gasteiger partial charge in [0.25, 0.3) is 0 Å². The number of nitrogens with zero attached hydrogens (tertiary/aromatic N) is 2. The van der Waals surface area contributed by atoms with Crippen molar-refractivity contribution in [1.29, 1.82) is 0 Å². The molecule has 2 aromatic carbocycles. The third-order valence-corrected chi connectivity index (χ3v) is 6.11. The molecule has 0 bridgehead atoms. The highest BCUT2D eigenvalue weighted by Crippen LogP contribution is 2.22. The third kappa shape index (κ3) is 6.60. The summed E-state index contributed by atoms with van der Waals surface area (Å²) in [7, 11) is -0.791. The van der Waals surface area contributed by atoms with Crippen molar-refractivity contribution in [3.05, 3.63) is 59.1 Å². The van der Waals surface area contributed by atoms with Gasteiger partial charge >= 0.3 is 0 Å². The first kappa shape index (κ1) is 24.5. The smallest absolute Gasteiger partial charge is 0.244 e. The molecule has 0 saturated heterocycles. The number of carbonyl (C=O) groups is 2. The monoisotopic (exact) mass is 467 g/mol. The Balaban J connectivity index is 2.35. The van der Waals surface area contributed by atoms with Crippen LogP contribution < -0.4 is 14.4 Å². The average molecular weight is 468 g/mol. The molecule has 10 heteroatoms. The van der Waals surface area contributed by atoms with Crippen LogP contribution in [-0.4, -0.2) is 58.1 Å². The van der Waals surface area contributed by atoms with Crippen LogP contribution in [0.1, 0.15) is 12.5 Å². The lowest BCUT2D eigenvalue weighted by Gasteiger charge is -2.31. The Morgan fingerprint density at radius 2 is 1.68 bits per heavy atom. The predicted octanol–water partition coefficient (Wildman–Crippen LogP) is 2.28. The highest BCUT2D eigenvalue weighted by molar-refractivity contribution is 7.92. The van der Waals surface area contributed by atoms with E-state index in [1.54, 1.807) is 55.5 Å². The molecule has 8 nitrogen and oxygen atoms in total. The van der Waals surface area contributed by atoms with Crippen LogP contribution >= 0.6 is 11.6 Å². The van der Waals surface area contributed by atoms with Gasteiger partial charge in [0.1, 0.15) is 18.3 Å². The van der Waals surface area contributed by atoms with Crippen LogP contribution in [0.4, 0.5) is 5.69 Å². The minimum absolute atomic E-state index is 0.116. The summed E-state index contributed by atoms with van der Waals surface area (Å²) in [6.07, 6.45) is 1.02. The molecule has 0 aliphatic rings. The van der Waals surface area contributed by atoms with Crippen molar-refractivity contribution in [2.24, 2.45) is 0 Å². The van der Waals surface area contributed by atoms with Gasteiger partial charge in [0, 0.05) is 18.6 Å². The summed E-state index contributed by atoms with van der Waals surface area (Å²) in [5, 5.41) is 3.07. The highest BCUT2D eigenvalue weighted by atomic mass is 35.5. The largest absolute Gasteiger partial charge is 0.497 e. The number of likely N-dealkylation sites (N-methyl/N-ethyl adjacent to an activating group) is 1. The second-order valence-electron chi connectivity index (χ2n) is 6.91. The molecule has 2 aromatic rings. The molecule has 31 heavy (non-hydrogen) atoms. The van der Waals surface area contributed by atoms with Gasteiger partial charge in [-0.25, -0.2) is 8.42 Å². The fourth-order valence-corrected chi connectivity index (χ4v) is 3.92. The third-order valence-electron chi connectivity index (χ3n) is 4.72. The Hall–Kier alpha value is -2.78. The number of halogens is 1. The first-order valence-electron chi connectivity index (χ1n) is 9.44. The summed E-state index contributed by atoms with van der Waals surface area (Å²) in [5.41, 5.74) is 1.07. The standard InChI is InChI=1S/C21H26ClN3O5S/c1-15(21(27)23-2)24(13-16-5-7-17(22)8-6-16)20(26)14-25(31(4,28)29)18-9-11-19(30-3)12-10-18/h5-12,15H,13-14H2,1-4H3,(H,23,27). The van der Waals surface area contributed by atoms with Gasteiger partial charge in [-0.05, 0) is 48.9 Å². The van der Waals surface area contributed by atoms with Crippen molar-refractivity contribution >= 4 is 39.1 Å². The summed E-state index contributed by atoms with van der Waals surface area (Å²) >= 11 is 5.93. The van der Waals surface area contributed by atoms with Gasteiger partial charge in [-0.3, -0.25) is 13.9 Å². The molecule has 0 aliphatic heterocycles. The second-order valence-corrected chi connectivity index (χ2v) is 9.25. The van der Waals surface area contributed by atoms with E-state index >= 15 is 0 Å². The molecule has 1 N–H and O–H groups in total. The van der Waals surface area contributed by atoms with Crippen LogP contribution in [0, 0.1) is 0 Å². The molecule has 0 radical (unpaired) electrons. The van der Waals surface area contributed by atoms with Crippen molar-refractivity contribution in [3.63, 3.8) is 0 Å². The van der Waals surface area contributed by atoms with E-state index in [9.17, 15) is 18.0 Å². The summed E-state index contributed by atoms with van der Waals surface area (Å²) in [6, 6.07) is 12.4. The molecule has 0 aromatic heterocycles. The van der Waals surface area contributed by atoms with E-state index in [0.29, 0.717) is 16.5 Å². The van der Waals surface area contributed by atoms with Crippen LogP contribution in [0.15, 0.2) is 48.5 Å². The number of hydrogen-bond acceptors (Lipinski definition) is 5. The molecule has 2 rings (SSSR count). The van der Waals surface area contributed by atoms with Crippen LogP contribution in [0.3, 0.4) is 0 Å². The number of amides is 2. The summed E-state index contributed by atoms with van der Waals surface area (Å²) < 4.78 is 31.0. The zero-order valence-corrected chi connectivity index (χ0v) is 19.4. The van der Waals surface area contributed by atoms with Crippen molar-refractivity contribution in [2.45, 2.75) is 19.5 Å². The summed E-state index contributed by atoms with van der Waals surface area (Å²) in [5.74, 6) is -0.328. The molecule has 0 saturated carbocycles. The zero-order valence-electron chi connectivity index (χ0n) is 17.8. The van der Waals surface area contributed by atoms with Gasteiger partial charge < -0.3 is 15.0 Å². The maximum atomic E-state index is 13.2. The first-order valence-corrected chi connectivity index (χ1v) is 11.7. The van der Waals surface area contributed by atoms with Crippen LogP contribution in [-0.2, 0) is 26.2 Å². The normalized spacial score (nSPS) is 12.0. The molecule has 168 valence electrons. The molecule has 1 unspecified atom stereocenters. The van der Waals surface area contributed by atoms with Gasteiger partial charge in [0.15, 0.2) is 0 Å². The maximum absolute atomic E-state index is 13.2. The number of nitrogens with one attached hydrogen (secondary N) is 1. The van der Waals surface area contributed by atoms with E-state index in [2.05, 4.69) is 5.32 Å². The quantitative estimate of drug-likeness (QED) is 0.610. The number of sulfonamides is 1. The van der Waals surface area contributed by atoms with Crippen molar-refractivity contribution in [1.82, 2.24) is 10.2 Å². The lowest BCUT2D eigenvalue weighted by molar-refractivity contribution is -0.139. The van der Waals surface area contributed by atoms with Gasteiger partial charge in [-0.15, -0.1) is 0 Å². The minimum atomic E-state index is -3.77. The summed E-state index contributed by atoms with van der Waals surface area (Å²) in [4.78, 5) is 26.8. The Labute approximate surface area is 187 Å². The number of rotatable bonds is 9. The number of methoxy groups -OCH3 is 1. The average Bonchev–Trinajstić information content (AvgIpc) is 2.75. The SMILES string of the molecule is CNC(=O)C(C)N(Cc1ccc(Cl)cc1)C(=O)CN(c1ccc(OC)cc1)S(C)(=O)=O. The Bertz CT molecular complexity index is 1010. The predicted molar refractivity (Wildman–Crippen MR) is 121 cm³/mol. The first-order chi connectivity index (χ1) is 14.6. The number of carbonyl (C=O) groups excluding carboxylic acids is 2. The molecule has 2 amide bonds. The Kier molecular flexibility index (Phi) is 8.29. The fraction of sp³-hybridized carbons (Fsp3) is 0.333. The van der Waals surface area contributed by atoms with Gasteiger partial charge in [-0.1, -0.05) is 23.7 Å². The second kappa shape index (κ2) is 10.5. The van der Waals surface area contributed by atoms with Crippen molar-refractivity contribution in [2.75, 3.05) is 31.3 Å². The molecule has 1 atom stereocenters. The topological polar surface area (TPSA) is 96.0 Å². The molecular weight excluding hydrogens is 442 g/mol. The molecule has 0 aliphatic carbocycles. The Morgan fingerprint density at radius 3 is 2.16 bits per heavy atom. The van der Waals surface area contributed by atoms with E-state index in [4.69, 9.17) is 16.3 Å². The molecule has 0 spiro atoms. The number of hydrogen-bond donors (Lipinski definition) is 1. The number of benzene rings is 2. The highest BCUT2D eigenvalue weighted by Gasteiger charge is 2.29. The van der Waals surface area contributed by atoms with Crippen LogP contribution in [0.25, 0.3) is 0 Å². The van der Waals surface area contributed by atoms with E-state index < -0.39 is 28.5 Å². The molecule has 0 heterocycles. The minimum Gasteiger partial charge on any atom is -0.497 e. The van der Waals surface area contributed by atoms with E-state index in [1.165, 1.54) is 19.1 Å². The fourth-order valence-electron chi connectivity index (χ4n) is 2.94. The van der Waals surface area contributed by atoms with Crippen LogP contribution in [0.5, 0.6) is 5.75 Å². The van der Waals surface area contributed by atoms with E-state index in [1.807, 2.05) is 0 Å². The molecule has 0 fully saturated rings. The van der Waals surface area contributed by atoms with Crippen LogP contribution in [0.2, 0.25) is 5.02 Å². The summed E-state index contributed by atoms with van der Waals surface area (Å²) in [6.45, 7) is 1.25. The maximum Gasteiger partial charge on any atom is 0.244 e. The van der Waals surface area contributed by atoms with Gasteiger partial charge in [-0.2, -0.15) is 0 Å².